The molecule has 0 bridgehead atoms. The topological polar surface area (TPSA) is 39.2 Å². The average Bonchev–Trinajstić information content (AvgIpc) is 2.04. The smallest absolute Gasteiger partial charge is 0.341 e. The van der Waals surface area contributed by atoms with Gasteiger partial charge in [0.25, 0.3) is 0 Å². The summed E-state index contributed by atoms with van der Waals surface area (Å²) < 4.78 is 17.7. The van der Waals surface area contributed by atoms with Crippen molar-refractivity contribution < 1.29 is 13.9 Å². The van der Waals surface area contributed by atoms with Gasteiger partial charge >= 0.3 is 5.97 Å². The molecule has 1 heterocycles. The van der Waals surface area contributed by atoms with E-state index in [1.54, 1.807) is 13.8 Å². The molecule has 70 valence electrons. The first-order valence-corrected chi connectivity index (χ1v) is 3.94. The Balaban J connectivity index is 3.05. The van der Waals surface area contributed by atoms with Gasteiger partial charge in [0.1, 0.15) is 5.56 Å². The number of carbonyl (C=O) groups is 1. The van der Waals surface area contributed by atoms with Crippen molar-refractivity contribution in [3.05, 3.63) is 29.3 Å². The van der Waals surface area contributed by atoms with Crippen LogP contribution >= 0.6 is 0 Å². The minimum Gasteiger partial charge on any atom is -0.462 e. The van der Waals surface area contributed by atoms with Crippen molar-refractivity contribution in [3.63, 3.8) is 0 Å². The maximum atomic E-state index is 13.1. The molecule has 0 radical (unpaired) electrons. The summed E-state index contributed by atoms with van der Waals surface area (Å²) in [4.78, 5) is 14.8. The van der Waals surface area contributed by atoms with Crippen molar-refractivity contribution >= 4 is 5.97 Å². The quantitative estimate of drug-likeness (QED) is 0.655. The van der Waals surface area contributed by atoms with Crippen molar-refractivity contribution in [2.24, 2.45) is 0 Å². The van der Waals surface area contributed by atoms with Gasteiger partial charge in [0, 0.05) is 6.20 Å². The van der Waals surface area contributed by atoms with Crippen molar-refractivity contribution in [1.82, 2.24) is 4.98 Å². The number of nitrogens with zero attached hydrogens (tertiary/aromatic N) is 1. The lowest BCUT2D eigenvalue weighted by atomic mass is 10.1. The van der Waals surface area contributed by atoms with E-state index in [1.165, 1.54) is 6.20 Å². The third-order valence-electron chi connectivity index (χ3n) is 1.57. The van der Waals surface area contributed by atoms with Crippen LogP contribution in [0, 0.1) is 12.7 Å². The molecular weight excluding hydrogens is 173 g/mol. The molecule has 13 heavy (non-hydrogen) atoms. The first-order valence-electron chi connectivity index (χ1n) is 3.94. The number of aromatic nitrogens is 1. The summed E-state index contributed by atoms with van der Waals surface area (Å²) in [7, 11) is 0. The van der Waals surface area contributed by atoms with Gasteiger partial charge in [-0.25, -0.2) is 9.18 Å². The molecule has 1 aromatic heterocycles. The normalized spacial score (nSPS) is 9.77. The van der Waals surface area contributed by atoms with Gasteiger partial charge in [-0.1, -0.05) is 0 Å². The molecule has 0 saturated heterocycles. The van der Waals surface area contributed by atoms with Crippen LogP contribution in [0.4, 0.5) is 4.39 Å². The largest absolute Gasteiger partial charge is 0.462 e. The van der Waals surface area contributed by atoms with E-state index in [-0.39, 0.29) is 12.2 Å². The third kappa shape index (κ3) is 2.02. The predicted molar refractivity (Wildman–Crippen MR) is 44.9 cm³/mol. The van der Waals surface area contributed by atoms with Crippen LogP contribution in [0.5, 0.6) is 0 Å². The van der Waals surface area contributed by atoms with Gasteiger partial charge in [0.05, 0.1) is 12.8 Å². The molecule has 0 aliphatic heterocycles. The summed E-state index contributed by atoms with van der Waals surface area (Å²) >= 11 is 0. The Bertz CT molecular complexity index is 305. The fourth-order valence-corrected chi connectivity index (χ4v) is 0.994. The van der Waals surface area contributed by atoms with Gasteiger partial charge in [0.15, 0.2) is 5.82 Å². The number of hydrogen-bond acceptors (Lipinski definition) is 3. The lowest BCUT2D eigenvalue weighted by Gasteiger charge is -2.04. The average molecular weight is 183 g/mol. The second-order valence-electron chi connectivity index (χ2n) is 2.53. The molecule has 0 spiro atoms. The van der Waals surface area contributed by atoms with Crippen LogP contribution in [-0.4, -0.2) is 17.6 Å². The summed E-state index contributed by atoms with van der Waals surface area (Å²) in [5.41, 5.74) is 0.454. The van der Waals surface area contributed by atoms with Gasteiger partial charge in [-0.15, -0.1) is 0 Å². The molecule has 0 unspecified atom stereocenters. The minimum absolute atomic E-state index is 0.0307. The highest BCUT2D eigenvalue weighted by Gasteiger charge is 2.15. The van der Waals surface area contributed by atoms with Gasteiger partial charge in [-0.3, -0.25) is 4.98 Å². The molecule has 0 atom stereocenters. The zero-order chi connectivity index (χ0) is 9.84. The van der Waals surface area contributed by atoms with Crippen LogP contribution in [0.15, 0.2) is 12.4 Å². The second kappa shape index (κ2) is 3.98. The monoisotopic (exact) mass is 183 g/mol. The first kappa shape index (κ1) is 9.64. The molecule has 1 aromatic rings. The molecule has 0 aliphatic carbocycles. The van der Waals surface area contributed by atoms with Crippen LogP contribution < -0.4 is 0 Å². The Labute approximate surface area is 75.6 Å². The van der Waals surface area contributed by atoms with E-state index in [2.05, 4.69) is 9.72 Å². The number of aryl methyl sites for hydroxylation is 1. The van der Waals surface area contributed by atoms with Crippen molar-refractivity contribution in [2.75, 3.05) is 6.61 Å². The Morgan fingerprint density at radius 2 is 2.31 bits per heavy atom. The second-order valence-corrected chi connectivity index (χ2v) is 2.53. The van der Waals surface area contributed by atoms with Crippen LogP contribution in [-0.2, 0) is 4.74 Å². The number of esters is 1. The number of hydrogen-bond donors (Lipinski definition) is 0. The molecule has 1 rings (SSSR count). The fourth-order valence-electron chi connectivity index (χ4n) is 0.994. The van der Waals surface area contributed by atoms with Gasteiger partial charge < -0.3 is 4.74 Å². The van der Waals surface area contributed by atoms with E-state index in [0.29, 0.717) is 5.56 Å². The van der Waals surface area contributed by atoms with Gasteiger partial charge in [-0.2, -0.15) is 0 Å². The minimum atomic E-state index is -0.640. The molecule has 0 saturated carbocycles. The van der Waals surface area contributed by atoms with Crippen LogP contribution in [0.3, 0.4) is 0 Å². The maximum absolute atomic E-state index is 13.1. The summed E-state index contributed by atoms with van der Waals surface area (Å²) in [6, 6.07) is 0. The Morgan fingerprint density at radius 1 is 1.62 bits per heavy atom. The molecule has 0 amide bonds. The molecule has 0 N–H and O–H groups in total. The fraction of sp³-hybridized carbons (Fsp3) is 0.333. The molecule has 0 aromatic carbocycles. The lowest BCUT2D eigenvalue weighted by molar-refractivity contribution is 0.0520. The number of rotatable bonds is 2. The summed E-state index contributed by atoms with van der Waals surface area (Å²) in [5, 5.41) is 0. The number of ether oxygens (including phenoxy) is 1. The van der Waals surface area contributed by atoms with E-state index in [0.717, 1.165) is 6.20 Å². The zero-order valence-electron chi connectivity index (χ0n) is 7.50. The zero-order valence-corrected chi connectivity index (χ0v) is 7.50. The summed E-state index contributed by atoms with van der Waals surface area (Å²) in [6.07, 6.45) is 2.43. The van der Waals surface area contributed by atoms with Crippen molar-refractivity contribution in [1.29, 1.82) is 0 Å². The van der Waals surface area contributed by atoms with Crippen LogP contribution in [0.25, 0.3) is 0 Å². The SMILES string of the molecule is CCOC(=O)c1c(C)cncc1F. The summed E-state index contributed by atoms with van der Waals surface area (Å²) in [6.45, 7) is 3.52. The van der Waals surface area contributed by atoms with Gasteiger partial charge in [0.2, 0.25) is 0 Å². The Hall–Kier alpha value is -1.45. The van der Waals surface area contributed by atoms with Crippen LogP contribution in [0.2, 0.25) is 0 Å². The number of pyridine rings is 1. The molecule has 4 heteroatoms. The predicted octanol–water partition coefficient (Wildman–Crippen LogP) is 1.71. The highest BCUT2D eigenvalue weighted by Crippen LogP contribution is 2.11. The van der Waals surface area contributed by atoms with Crippen molar-refractivity contribution in [3.8, 4) is 0 Å². The third-order valence-corrected chi connectivity index (χ3v) is 1.57. The van der Waals surface area contributed by atoms with E-state index >= 15 is 0 Å². The van der Waals surface area contributed by atoms with Crippen molar-refractivity contribution in [2.45, 2.75) is 13.8 Å². The molecular formula is C9H10FNO2. The van der Waals surface area contributed by atoms with E-state index in [4.69, 9.17) is 0 Å². The molecule has 0 aliphatic rings. The molecule has 0 fully saturated rings. The lowest BCUT2D eigenvalue weighted by Crippen LogP contribution is -2.09. The van der Waals surface area contributed by atoms with Gasteiger partial charge in [-0.05, 0) is 19.4 Å². The molecule has 3 nitrogen and oxygen atoms in total. The highest BCUT2D eigenvalue weighted by atomic mass is 19.1. The highest BCUT2D eigenvalue weighted by molar-refractivity contribution is 5.91. The number of carbonyl (C=O) groups excluding carboxylic acids is 1. The Kier molecular flexibility index (Phi) is 2.95. The number of halogens is 1. The van der Waals surface area contributed by atoms with E-state index in [1.807, 2.05) is 0 Å². The standard InChI is InChI=1S/C9H10FNO2/c1-3-13-9(12)8-6(2)4-11-5-7(8)10/h4-5H,3H2,1-2H3. The van der Waals surface area contributed by atoms with Crippen LogP contribution in [0.1, 0.15) is 22.8 Å². The van der Waals surface area contributed by atoms with E-state index in [9.17, 15) is 9.18 Å². The summed E-state index contributed by atoms with van der Waals surface area (Å²) in [5.74, 6) is -1.28. The Morgan fingerprint density at radius 3 is 2.85 bits per heavy atom. The first-order chi connectivity index (χ1) is 6.16. The van der Waals surface area contributed by atoms with E-state index < -0.39 is 11.8 Å². The maximum Gasteiger partial charge on any atom is 0.341 e.